The minimum Gasteiger partial charge on any atom is -0.385 e. The number of amides is 2. The van der Waals surface area contributed by atoms with Crippen LogP contribution in [0.1, 0.15) is 67.7 Å². The number of rotatable bonds is 3. The minimum atomic E-state index is -0.987. The molecule has 1 aromatic carbocycles. The van der Waals surface area contributed by atoms with Gasteiger partial charge in [-0.25, -0.2) is 13.6 Å². The Morgan fingerprint density at radius 2 is 1.58 bits per heavy atom. The Morgan fingerprint density at radius 1 is 1.10 bits per heavy atom. The summed E-state index contributed by atoms with van der Waals surface area (Å²) in [6, 6.07) is 0.764. The number of aliphatic hydroxyl groups is 1. The van der Waals surface area contributed by atoms with Crippen molar-refractivity contribution in [3.63, 3.8) is 0 Å². The molecule has 2 amide bonds. The van der Waals surface area contributed by atoms with Crippen LogP contribution in [0.4, 0.5) is 19.3 Å². The lowest BCUT2D eigenvalue weighted by molar-refractivity contribution is 0.0823. The van der Waals surface area contributed by atoms with Gasteiger partial charge in [-0.05, 0) is 92.6 Å². The van der Waals surface area contributed by atoms with Crippen LogP contribution in [0.5, 0.6) is 0 Å². The van der Waals surface area contributed by atoms with Crippen molar-refractivity contribution < 1.29 is 18.7 Å². The predicted molar refractivity (Wildman–Crippen MR) is 125 cm³/mol. The molecule has 0 bridgehead atoms. The highest BCUT2D eigenvalue weighted by atomic mass is 32.2. The first kappa shape index (κ1) is 25.6. The number of primary amides is 1. The van der Waals surface area contributed by atoms with Crippen LogP contribution < -0.4 is 16.2 Å². The fourth-order valence-corrected chi connectivity index (χ4v) is 5.30. The molecule has 0 saturated carbocycles. The first-order valence-corrected chi connectivity index (χ1v) is 12.1. The quantitative estimate of drug-likeness (QED) is 0.450. The van der Waals surface area contributed by atoms with Crippen LogP contribution in [0, 0.1) is 11.6 Å². The van der Waals surface area contributed by atoms with E-state index in [1.807, 2.05) is 13.8 Å². The van der Waals surface area contributed by atoms with E-state index < -0.39 is 11.6 Å². The zero-order chi connectivity index (χ0) is 23.3. The monoisotopic (exact) mass is 471 g/mol. The number of nitrogens with two attached hydrogens (primary N) is 2. The number of carbonyl (C=O) groups is 1. The summed E-state index contributed by atoms with van der Waals surface area (Å²) in [5.41, 5.74) is 8.57. The van der Waals surface area contributed by atoms with Crippen LogP contribution in [0.2, 0.25) is 0 Å². The molecule has 0 fully saturated rings. The third-order valence-electron chi connectivity index (χ3n) is 5.18. The van der Waals surface area contributed by atoms with Crippen molar-refractivity contribution in [1.82, 2.24) is 0 Å². The third kappa shape index (κ3) is 5.77. The summed E-state index contributed by atoms with van der Waals surface area (Å²) in [6.45, 7) is 7.23. The molecule has 0 unspecified atom stereocenters. The summed E-state index contributed by atoms with van der Waals surface area (Å²) in [7, 11) is 0. The first-order chi connectivity index (χ1) is 14.6. The molecule has 5 nitrogen and oxygen atoms in total. The van der Waals surface area contributed by atoms with Crippen LogP contribution in [0.15, 0.2) is 10.3 Å². The van der Waals surface area contributed by atoms with Gasteiger partial charge < -0.3 is 16.2 Å². The molecule has 0 saturated heterocycles. The van der Waals surface area contributed by atoms with Crippen LogP contribution in [0.3, 0.4) is 0 Å². The lowest BCUT2D eigenvalue weighted by Gasteiger charge is -2.16. The standard InChI is InChI=1S/C13H15FN2O.C7H10FNOS2.C2H6/c14-11-7-3-1-5-9(7)12(16-13(15)17)10-6-2-4-8(10)11;1-7(2,10)5-3-4(8)6(11-5)12-9;1-2/h1-6H2,(H3,15,16,17);3,10H,9H2,1-2H3;1-2H3. The summed E-state index contributed by atoms with van der Waals surface area (Å²) >= 11 is 2.04. The number of fused-ring (bicyclic) bond motifs is 2. The van der Waals surface area contributed by atoms with Crippen molar-refractivity contribution in [1.29, 1.82) is 0 Å². The van der Waals surface area contributed by atoms with Gasteiger partial charge in [-0.1, -0.05) is 13.8 Å². The predicted octanol–water partition coefficient (Wildman–Crippen LogP) is 5.40. The number of carbonyl (C=O) groups excluding carboxylic acids is 1. The maximum atomic E-state index is 14.2. The molecule has 2 aliphatic rings. The SMILES string of the molecule is CC.CC(C)(O)c1cc(F)c(SN)s1.NC(=O)Nc1c2c(c(F)c3c1CCC3)CCC2. The Morgan fingerprint density at radius 3 is 1.94 bits per heavy atom. The first-order valence-electron chi connectivity index (χ1n) is 10.4. The number of anilines is 1. The summed E-state index contributed by atoms with van der Waals surface area (Å²) in [4.78, 5) is 11.7. The van der Waals surface area contributed by atoms with Crippen molar-refractivity contribution in [3.8, 4) is 0 Å². The Bertz CT molecular complexity index is 905. The zero-order valence-corrected chi connectivity index (χ0v) is 20.0. The molecule has 0 aliphatic heterocycles. The highest BCUT2D eigenvalue weighted by molar-refractivity contribution is 7.99. The molecule has 9 heteroatoms. The minimum absolute atomic E-state index is 0.0278. The highest BCUT2D eigenvalue weighted by Gasteiger charge is 2.29. The van der Waals surface area contributed by atoms with E-state index in [1.54, 1.807) is 13.8 Å². The van der Waals surface area contributed by atoms with E-state index in [1.165, 1.54) is 17.4 Å². The molecule has 4 rings (SSSR count). The van der Waals surface area contributed by atoms with Gasteiger partial charge in [-0.3, -0.25) is 5.14 Å². The van der Waals surface area contributed by atoms with Gasteiger partial charge in [0.2, 0.25) is 0 Å². The number of thiophene rings is 1. The summed E-state index contributed by atoms with van der Waals surface area (Å²) in [6.07, 6.45) is 5.17. The van der Waals surface area contributed by atoms with E-state index in [2.05, 4.69) is 5.32 Å². The average Bonchev–Trinajstić information content (AvgIpc) is 3.45. The number of hydrogen-bond donors (Lipinski definition) is 4. The third-order valence-corrected chi connectivity index (χ3v) is 7.35. The second kappa shape index (κ2) is 10.8. The molecule has 0 spiro atoms. The molecule has 1 aromatic heterocycles. The van der Waals surface area contributed by atoms with Crippen LogP contribution in [0.25, 0.3) is 0 Å². The lowest BCUT2D eigenvalue weighted by atomic mass is 9.98. The Kier molecular flexibility index (Phi) is 8.88. The number of urea groups is 1. The van der Waals surface area contributed by atoms with Gasteiger partial charge in [-0.15, -0.1) is 11.3 Å². The van der Waals surface area contributed by atoms with Crippen molar-refractivity contribution in [2.45, 2.75) is 76.0 Å². The van der Waals surface area contributed by atoms with E-state index >= 15 is 0 Å². The lowest BCUT2D eigenvalue weighted by Crippen LogP contribution is -2.21. The fourth-order valence-electron chi connectivity index (χ4n) is 3.90. The Labute approximate surface area is 190 Å². The second-order valence-corrected chi connectivity index (χ2v) is 9.68. The molecular weight excluding hydrogens is 440 g/mol. The number of halogens is 2. The van der Waals surface area contributed by atoms with Gasteiger partial charge >= 0.3 is 6.03 Å². The van der Waals surface area contributed by atoms with Gasteiger partial charge in [0.05, 0.1) is 5.60 Å². The number of benzene rings is 1. The van der Waals surface area contributed by atoms with Crippen LogP contribution in [-0.2, 0) is 31.3 Å². The zero-order valence-electron chi connectivity index (χ0n) is 18.4. The summed E-state index contributed by atoms with van der Waals surface area (Å²) in [5, 5.41) is 17.4. The maximum Gasteiger partial charge on any atom is 0.316 e. The van der Waals surface area contributed by atoms with Crippen LogP contribution in [-0.4, -0.2) is 11.1 Å². The summed E-state index contributed by atoms with van der Waals surface area (Å²) in [5.74, 6) is -0.385. The number of nitrogens with one attached hydrogen (secondary N) is 1. The van der Waals surface area contributed by atoms with Gasteiger partial charge in [0.15, 0.2) is 0 Å². The molecule has 31 heavy (non-hydrogen) atoms. The molecule has 2 aromatic rings. The molecule has 0 radical (unpaired) electrons. The Hall–Kier alpha value is -1.68. The van der Waals surface area contributed by atoms with Gasteiger partial charge in [0.1, 0.15) is 15.8 Å². The van der Waals surface area contributed by atoms with E-state index in [-0.39, 0.29) is 11.6 Å². The van der Waals surface area contributed by atoms with Gasteiger partial charge in [0, 0.05) is 10.6 Å². The fraction of sp³-hybridized carbons (Fsp3) is 0.500. The molecular formula is C22H31F2N3O2S2. The Balaban J connectivity index is 0.000000216. The normalized spacial score (nSPS) is 14.1. The molecule has 0 atom stereocenters. The largest absolute Gasteiger partial charge is 0.385 e. The molecule has 172 valence electrons. The molecule has 2 aliphatic carbocycles. The molecule has 6 N–H and O–H groups in total. The highest BCUT2D eigenvalue weighted by Crippen LogP contribution is 2.40. The van der Waals surface area contributed by atoms with Gasteiger partial charge in [-0.2, -0.15) is 0 Å². The van der Waals surface area contributed by atoms with E-state index in [0.717, 1.165) is 78.4 Å². The topological polar surface area (TPSA) is 101 Å². The maximum absolute atomic E-state index is 14.2. The summed E-state index contributed by atoms with van der Waals surface area (Å²) < 4.78 is 27.6. The van der Waals surface area contributed by atoms with E-state index in [9.17, 15) is 18.7 Å². The molecule has 1 heterocycles. The van der Waals surface area contributed by atoms with Crippen molar-refractivity contribution in [2.75, 3.05) is 5.32 Å². The van der Waals surface area contributed by atoms with Gasteiger partial charge in [0.25, 0.3) is 0 Å². The van der Waals surface area contributed by atoms with E-state index in [4.69, 9.17) is 10.9 Å². The van der Waals surface area contributed by atoms with Crippen LogP contribution >= 0.6 is 23.3 Å². The smallest absolute Gasteiger partial charge is 0.316 e. The second-order valence-electron chi connectivity index (χ2n) is 7.72. The average molecular weight is 472 g/mol. The van der Waals surface area contributed by atoms with E-state index in [0.29, 0.717) is 9.09 Å². The number of hydrogen-bond acceptors (Lipinski definition) is 5. The van der Waals surface area contributed by atoms with Crippen molar-refractivity contribution in [2.24, 2.45) is 10.9 Å². The van der Waals surface area contributed by atoms with Crippen molar-refractivity contribution >= 4 is 35.0 Å². The van der Waals surface area contributed by atoms with Crippen molar-refractivity contribution in [3.05, 3.63) is 44.8 Å².